The van der Waals surface area contributed by atoms with Crippen molar-refractivity contribution >= 4 is 128 Å². The maximum Gasteiger partial charge on any atom is 0.0362 e. The minimum Gasteiger partial charge on any atom is -0.135 e. The predicted octanol–water partition coefficient (Wildman–Crippen LogP) is 19.4. The molecule has 0 radical (unpaired) electrons. The molecule has 0 unspecified atom stereocenters. The molecule has 308 valence electrons. The highest BCUT2D eigenvalue weighted by Crippen LogP contribution is 2.49. The Hall–Kier alpha value is -8.36. The van der Waals surface area contributed by atoms with Crippen LogP contribution in [0.1, 0.15) is 0 Å². The fourth-order valence-corrected chi connectivity index (χ4v) is 12.9. The quantitative estimate of drug-likeness (QED) is 0.123. The van der Waals surface area contributed by atoms with E-state index in [1.807, 2.05) is 11.3 Å². The summed E-state index contributed by atoms with van der Waals surface area (Å²) in [5, 5.41) is 25.7. The molecule has 0 aliphatic rings. The Morgan fingerprint density at radius 3 is 1.39 bits per heavy atom. The topological polar surface area (TPSA) is 0 Å². The van der Waals surface area contributed by atoms with Crippen molar-refractivity contribution in [1.29, 1.82) is 0 Å². The SMILES string of the molecule is c1ccc2cc3cc(-c4ccc(-c5c6ccccc6c(-c6ccc7c(c6)c6ccccc6c6cc8c(cc76)sc6ccc7ccccc7c68)c6ccccc56)c5ccccc45)ccc3cc2c1. The third-order valence-electron chi connectivity index (χ3n) is 14.7. The molecule has 0 saturated carbocycles. The molecule has 15 aromatic rings. The van der Waals surface area contributed by atoms with Gasteiger partial charge in [-0.1, -0.05) is 188 Å². The minimum atomic E-state index is 1.23. The van der Waals surface area contributed by atoms with E-state index in [4.69, 9.17) is 0 Å². The Bertz CT molecular complexity index is 4570. The molecule has 0 amide bonds. The van der Waals surface area contributed by atoms with Gasteiger partial charge in [0.25, 0.3) is 0 Å². The molecule has 0 atom stereocenters. The summed E-state index contributed by atoms with van der Waals surface area (Å²) in [5.74, 6) is 0. The highest BCUT2D eigenvalue weighted by atomic mass is 32.1. The average molecular weight is 863 g/mol. The second-order valence-corrected chi connectivity index (χ2v) is 19.4. The number of benzene rings is 14. The van der Waals surface area contributed by atoms with Gasteiger partial charge in [-0.25, -0.2) is 0 Å². The molecule has 0 aliphatic heterocycles. The molecule has 0 nitrogen and oxygen atoms in total. The van der Waals surface area contributed by atoms with E-state index in [-0.39, 0.29) is 0 Å². The van der Waals surface area contributed by atoms with Crippen molar-refractivity contribution in [3.05, 3.63) is 231 Å². The lowest BCUT2D eigenvalue weighted by atomic mass is 9.83. The molecule has 0 bridgehead atoms. The second kappa shape index (κ2) is 14.1. The smallest absolute Gasteiger partial charge is 0.0362 e. The Balaban J connectivity index is 0.946. The molecule has 1 heterocycles. The predicted molar refractivity (Wildman–Crippen MR) is 293 cm³/mol. The molecular formula is C66H38S. The molecule has 15 rings (SSSR count). The summed E-state index contributed by atoms with van der Waals surface area (Å²) < 4.78 is 2.67. The van der Waals surface area contributed by atoms with Crippen LogP contribution in [-0.2, 0) is 0 Å². The van der Waals surface area contributed by atoms with E-state index in [9.17, 15) is 0 Å². The summed E-state index contributed by atoms with van der Waals surface area (Å²) >= 11 is 1.91. The number of rotatable bonds is 3. The van der Waals surface area contributed by atoms with E-state index >= 15 is 0 Å². The van der Waals surface area contributed by atoms with Crippen molar-refractivity contribution in [3.8, 4) is 33.4 Å². The van der Waals surface area contributed by atoms with Crippen molar-refractivity contribution in [2.24, 2.45) is 0 Å². The molecule has 0 fully saturated rings. The Morgan fingerprint density at radius 2 is 0.687 bits per heavy atom. The minimum absolute atomic E-state index is 1.23. The second-order valence-electron chi connectivity index (χ2n) is 18.3. The maximum absolute atomic E-state index is 2.48. The van der Waals surface area contributed by atoms with Gasteiger partial charge >= 0.3 is 0 Å². The first-order valence-electron chi connectivity index (χ1n) is 23.2. The summed E-state index contributed by atoms with van der Waals surface area (Å²) in [7, 11) is 0. The summed E-state index contributed by atoms with van der Waals surface area (Å²) in [6, 6.07) is 86.7. The van der Waals surface area contributed by atoms with Crippen molar-refractivity contribution < 1.29 is 0 Å². The third kappa shape index (κ3) is 5.41. The normalized spacial score (nSPS) is 12.2. The molecule has 1 aromatic heterocycles. The summed E-state index contributed by atoms with van der Waals surface area (Å²) in [5.41, 5.74) is 7.51. The summed E-state index contributed by atoms with van der Waals surface area (Å²) in [4.78, 5) is 0. The Morgan fingerprint density at radius 1 is 0.209 bits per heavy atom. The van der Waals surface area contributed by atoms with E-state index < -0.39 is 0 Å². The molecule has 67 heavy (non-hydrogen) atoms. The third-order valence-corrected chi connectivity index (χ3v) is 15.9. The van der Waals surface area contributed by atoms with Crippen LogP contribution >= 0.6 is 11.3 Å². The molecule has 0 aliphatic carbocycles. The number of thiophene rings is 1. The average Bonchev–Trinajstić information content (AvgIpc) is 3.77. The summed E-state index contributed by atoms with van der Waals surface area (Å²) in [6.07, 6.45) is 0. The zero-order chi connectivity index (χ0) is 43.7. The zero-order valence-corrected chi connectivity index (χ0v) is 37.2. The van der Waals surface area contributed by atoms with Crippen LogP contribution in [0.4, 0.5) is 0 Å². The van der Waals surface area contributed by atoms with Crippen molar-refractivity contribution in [3.63, 3.8) is 0 Å². The van der Waals surface area contributed by atoms with Crippen LogP contribution < -0.4 is 0 Å². The van der Waals surface area contributed by atoms with Crippen LogP contribution in [0.15, 0.2) is 231 Å². The van der Waals surface area contributed by atoms with Gasteiger partial charge in [-0.15, -0.1) is 11.3 Å². The number of hydrogen-bond donors (Lipinski definition) is 0. The lowest BCUT2D eigenvalue weighted by Crippen LogP contribution is -1.93. The molecule has 0 saturated heterocycles. The fraction of sp³-hybridized carbons (Fsp3) is 0. The van der Waals surface area contributed by atoms with Gasteiger partial charge in [-0.2, -0.15) is 0 Å². The lowest BCUT2D eigenvalue weighted by Gasteiger charge is -2.20. The highest BCUT2D eigenvalue weighted by molar-refractivity contribution is 7.26. The molecule has 14 aromatic carbocycles. The van der Waals surface area contributed by atoms with Crippen LogP contribution in [0.2, 0.25) is 0 Å². The highest BCUT2D eigenvalue weighted by Gasteiger charge is 2.21. The van der Waals surface area contributed by atoms with E-state index in [1.54, 1.807) is 0 Å². The monoisotopic (exact) mass is 862 g/mol. The van der Waals surface area contributed by atoms with Crippen molar-refractivity contribution in [2.45, 2.75) is 0 Å². The van der Waals surface area contributed by atoms with Gasteiger partial charge in [0, 0.05) is 20.2 Å². The van der Waals surface area contributed by atoms with Gasteiger partial charge in [0.05, 0.1) is 0 Å². The van der Waals surface area contributed by atoms with E-state index in [2.05, 4.69) is 231 Å². The molecule has 0 spiro atoms. The van der Waals surface area contributed by atoms with E-state index in [1.165, 1.54) is 151 Å². The first-order valence-corrected chi connectivity index (χ1v) is 24.0. The first kappa shape index (κ1) is 36.9. The van der Waals surface area contributed by atoms with Crippen LogP contribution in [-0.4, -0.2) is 0 Å². The van der Waals surface area contributed by atoms with Crippen LogP contribution in [0.3, 0.4) is 0 Å². The molecular weight excluding hydrogens is 825 g/mol. The van der Waals surface area contributed by atoms with Gasteiger partial charge in [0.1, 0.15) is 0 Å². The van der Waals surface area contributed by atoms with E-state index in [0.29, 0.717) is 0 Å². The van der Waals surface area contributed by atoms with Crippen LogP contribution in [0, 0.1) is 0 Å². The van der Waals surface area contributed by atoms with E-state index in [0.717, 1.165) is 0 Å². The zero-order valence-electron chi connectivity index (χ0n) is 36.3. The first-order chi connectivity index (χ1) is 33.2. The van der Waals surface area contributed by atoms with Crippen molar-refractivity contribution in [1.82, 2.24) is 0 Å². The largest absolute Gasteiger partial charge is 0.135 e. The standard InChI is InChI=1S/C66H38S/c1-2-15-41-34-45-35-43(26-25-42(45)33-40(41)14-1)46-30-31-57(49-18-6-5-17-48(46)49)65-55-23-11-9-21-53(55)64(54-22-10-12-24-56(54)65)44-27-29-52-58(36-44)50-19-7-8-20-51(50)59-37-61-63(38-60(52)59)67-62-32-28-39-13-3-4-16-47(39)66(61)62/h1-38H. The van der Waals surface area contributed by atoms with Crippen LogP contribution in [0.25, 0.3) is 151 Å². The van der Waals surface area contributed by atoms with Gasteiger partial charge in [0.2, 0.25) is 0 Å². The molecule has 1 heteroatoms. The van der Waals surface area contributed by atoms with Crippen molar-refractivity contribution in [2.75, 3.05) is 0 Å². The Labute approximate surface area is 390 Å². The lowest BCUT2D eigenvalue weighted by molar-refractivity contribution is 1.66. The van der Waals surface area contributed by atoms with Gasteiger partial charge in [-0.3, -0.25) is 0 Å². The maximum atomic E-state index is 2.48. The molecule has 0 N–H and O–H groups in total. The van der Waals surface area contributed by atoms with Gasteiger partial charge in [0.15, 0.2) is 0 Å². The number of fused-ring (bicyclic) bond motifs is 16. The van der Waals surface area contributed by atoms with Crippen LogP contribution in [0.5, 0.6) is 0 Å². The Kier molecular flexibility index (Phi) is 7.75. The summed E-state index contributed by atoms with van der Waals surface area (Å²) in [6.45, 7) is 0. The fourth-order valence-electron chi connectivity index (χ4n) is 11.8. The number of hydrogen-bond acceptors (Lipinski definition) is 1. The van der Waals surface area contributed by atoms with Gasteiger partial charge < -0.3 is 0 Å². The van der Waals surface area contributed by atoms with Gasteiger partial charge in [-0.05, 0) is 173 Å².